The Morgan fingerprint density at radius 1 is 1.13 bits per heavy atom. The zero-order chi connectivity index (χ0) is 27.1. The minimum absolute atomic E-state index is 0.0293. The Bertz CT molecular complexity index is 1060. The molecular formula is C27H36F3N5O3. The molecule has 8 nitrogen and oxygen atoms in total. The van der Waals surface area contributed by atoms with Crippen LogP contribution in [-0.2, 0) is 17.6 Å². The van der Waals surface area contributed by atoms with Gasteiger partial charge in [-0.1, -0.05) is 6.07 Å². The fourth-order valence-electron chi connectivity index (χ4n) is 4.98. The number of aryl methyl sites for hydroxylation is 1. The van der Waals surface area contributed by atoms with E-state index < -0.39 is 12.3 Å². The number of rotatable bonds is 9. The number of hydrogen-bond acceptors (Lipinski definition) is 7. The van der Waals surface area contributed by atoms with Crippen molar-refractivity contribution in [2.24, 2.45) is 5.92 Å². The van der Waals surface area contributed by atoms with Gasteiger partial charge in [-0.2, -0.15) is 13.2 Å². The van der Waals surface area contributed by atoms with Gasteiger partial charge < -0.3 is 19.7 Å². The van der Waals surface area contributed by atoms with E-state index in [1.165, 1.54) is 6.07 Å². The zero-order valence-corrected chi connectivity index (χ0v) is 22.0. The van der Waals surface area contributed by atoms with Crippen LogP contribution in [0.25, 0.3) is 0 Å². The lowest BCUT2D eigenvalue weighted by molar-refractivity contribution is -0.190. The number of aromatic nitrogens is 3. The van der Waals surface area contributed by atoms with Gasteiger partial charge in [0.05, 0.1) is 12.4 Å². The number of pyridine rings is 1. The molecule has 11 heteroatoms. The number of fused-ring (bicyclic) bond motifs is 1. The average molecular weight is 536 g/mol. The highest BCUT2D eigenvalue weighted by Gasteiger charge is 2.38. The van der Waals surface area contributed by atoms with Crippen LogP contribution in [0.2, 0.25) is 0 Å². The monoisotopic (exact) mass is 535 g/mol. The number of carbonyl (C=O) groups excluding carboxylic acids is 1. The SMILES string of the molecule is Cc1ncc(OCC(=O)NC2CCC(CCN3CCc4ccc(OC(C)C(F)(F)F)nc4CC3)CC2)cn1. The molecule has 38 heavy (non-hydrogen) atoms. The molecule has 2 aliphatic rings. The Hall–Kier alpha value is -2.95. The molecule has 0 radical (unpaired) electrons. The van der Waals surface area contributed by atoms with Gasteiger partial charge in [0, 0.05) is 37.3 Å². The molecule has 0 spiro atoms. The molecule has 2 aromatic rings. The number of ether oxygens (including phenoxy) is 2. The van der Waals surface area contributed by atoms with Gasteiger partial charge in [-0.25, -0.2) is 15.0 Å². The molecule has 1 aliphatic carbocycles. The molecule has 1 N–H and O–H groups in total. The lowest BCUT2D eigenvalue weighted by Gasteiger charge is -2.30. The number of nitrogens with zero attached hydrogens (tertiary/aromatic N) is 4. The summed E-state index contributed by atoms with van der Waals surface area (Å²) in [6.45, 7) is 5.45. The summed E-state index contributed by atoms with van der Waals surface area (Å²) < 4.78 is 48.9. The van der Waals surface area contributed by atoms with Crippen molar-refractivity contribution in [2.75, 3.05) is 26.2 Å². The molecule has 1 fully saturated rings. The van der Waals surface area contributed by atoms with Crippen molar-refractivity contribution in [3.05, 3.63) is 41.6 Å². The maximum absolute atomic E-state index is 12.8. The Morgan fingerprint density at radius 2 is 1.84 bits per heavy atom. The van der Waals surface area contributed by atoms with Crippen molar-refractivity contribution in [1.82, 2.24) is 25.2 Å². The van der Waals surface area contributed by atoms with Gasteiger partial charge in [-0.05, 0) is 70.4 Å². The van der Waals surface area contributed by atoms with Gasteiger partial charge in [-0.15, -0.1) is 0 Å². The normalized spacial score (nSPS) is 21.2. The number of hydrogen-bond donors (Lipinski definition) is 1. The van der Waals surface area contributed by atoms with Crippen LogP contribution in [0.4, 0.5) is 13.2 Å². The largest absolute Gasteiger partial charge is 0.481 e. The molecule has 1 atom stereocenters. The number of halogens is 3. The first kappa shape index (κ1) is 28.1. The zero-order valence-electron chi connectivity index (χ0n) is 22.0. The van der Waals surface area contributed by atoms with Crippen LogP contribution in [-0.4, -0.2) is 70.3 Å². The number of carbonyl (C=O) groups is 1. The Balaban J connectivity index is 1.14. The van der Waals surface area contributed by atoms with Gasteiger partial charge in [0.25, 0.3) is 5.91 Å². The highest BCUT2D eigenvalue weighted by molar-refractivity contribution is 5.77. The smallest absolute Gasteiger partial charge is 0.425 e. The summed E-state index contributed by atoms with van der Waals surface area (Å²) in [6.07, 6.45) is 3.50. The predicted octanol–water partition coefficient (Wildman–Crippen LogP) is 4.05. The van der Waals surface area contributed by atoms with E-state index in [-0.39, 0.29) is 24.4 Å². The van der Waals surface area contributed by atoms with E-state index in [1.54, 1.807) is 19.3 Å². The van der Waals surface area contributed by atoms with Gasteiger partial charge in [0.1, 0.15) is 5.82 Å². The molecule has 1 saturated carbocycles. The summed E-state index contributed by atoms with van der Waals surface area (Å²) in [5.74, 6) is 1.65. The molecule has 3 heterocycles. The maximum atomic E-state index is 12.8. The predicted molar refractivity (Wildman–Crippen MR) is 135 cm³/mol. The number of amides is 1. The van der Waals surface area contributed by atoms with E-state index in [4.69, 9.17) is 9.47 Å². The number of alkyl halides is 3. The van der Waals surface area contributed by atoms with Crippen LogP contribution in [0.15, 0.2) is 24.5 Å². The molecule has 0 saturated heterocycles. The molecular weight excluding hydrogens is 499 g/mol. The van der Waals surface area contributed by atoms with Crippen LogP contribution in [0.1, 0.15) is 56.1 Å². The number of nitrogens with one attached hydrogen (secondary N) is 1. The van der Waals surface area contributed by atoms with Gasteiger partial charge >= 0.3 is 6.18 Å². The molecule has 1 amide bonds. The summed E-state index contributed by atoms with van der Waals surface area (Å²) in [5, 5.41) is 3.07. The summed E-state index contributed by atoms with van der Waals surface area (Å²) in [4.78, 5) is 27.2. The Morgan fingerprint density at radius 3 is 2.55 bits per heavy atom. The fourth-order valence-corrected chi connectivity index (χ4v) is 4.98. The third kappa shape index (κ3) is 8.28. The second-order valence-corrected chi connectivity index (χ2v) is 10.2. The highest BCUT2D eigenvalue weighted by atomic mass is 19.4. The first-order valence-corrected chi connectivity index (χ1v) is 13.3. The van der Waals surface area contributed by atoms with E-state index in [0.29, 0.717) is 23.9 Å². The van der Waals surface area contributed by atoms with E-state index >= 15 is 0 Å². The lowest BCUT2D eigenvalue weighted by atomic mass is 9.84. The standard InChI is InChI=1S/C27H36F3N5O3/c1-18(27(28,29)30)38-26-8-5-21-10-13-35(14-11-24(21)34-26)12-9-20-3-6-22(7-4-20)33-25(36)17-37-23-15-31-19(2)32-16-23/h5,8,15-16,18,20,22H,3-4,6-7,9-14,17H2,1-2H3,(H,33,36). The summed E-state index contributed by atoms with van der Waals surface area (Å²) in [5.41, 5.74) is 1.91. The average Bonchev–Trinajstić information content (AvgIpc) is 3.09. The molecule has 1 unspecified atom stereocenters. The van der Waals surface area contributed by atoms with Crippen molar-refractivity contribution in [3.63, 3.8) is 0 Å². The van der Waals surface area contributed by atoms with Crippen LogP contribution in [0.5, 0.6) is 11.6 Å². The van der Waals surface area contributed by atoms with Gasteiger partial charge in [0.15, 0.2) is 18.5 Å². The van der Waals surface area contributed by atoms with E-state index in [0.717, 1.165) is 76.3 Å². The molecule has 4 rings (SSSR count). The maximum Gasteiger partial charge on any atom is 0.425 e. The molecule has 1 aliphatic heterocycles. The summed E-state index contributed by atoms with van der Waals surface area (Å²) >= 11 is 0. The second-order valence-electron chi connectivity index (χ2n) is 10.2. The van der Waals surface area contributed by atoms with Crippen LogP contribution < -0.4 is 14.8 Å². The van der Waals surface area contributed by atoms with Crippen molar-refractivity contribution < 1.29 is 27.4 Å². The van der Waals surface area contributed by atoms with E-state index in [9.17, 15) is 18.0 Å². The third-order valence-corrected chi connectivity index (χ3v) is 7.36. The topological polar surface area (TPSA) is 89.5 Å². The van der Waals surface area contributed by atoms with Crippen LogP contribution in [0.3, 0.4) is 0 Å². The quantitative estimate of drug-likeness (QED) is 0.518. The van der Waals surface area contributed by atoms with Gasteiger partial charge in [-0.3, -0.25) is 4.79 Å². The lowest BCUT2D eigenvalue weighted by Crippen LogP contribution is -2.40. The molecule has 208 valence electrons. The second kappa shape index (κ2) is 12.7. The van der Waals surface area contributed by atoms with Crippen molar-refractivity contribution >= 4 is 5.91 Å². The molecule has 0 aromatic carbocycles. The summed E-state index contributed by atoms with van der Waals surface area (Å²) in [7, 11) is 0. The minimum atomic E-state index is -4.41. The fraction of sp³-hybridized carbons (Fsp3) is 0.630. The molecule has 2 aromatic heterocycles. The van der Waals surface area contributed by atoms with Crippen LogP contribution >= 0.6 is 0 Å². The van der Waals surface area contributed by atoms with Gasteiger partial charge in [0.2, 0.25) is 5.88 Å². The summed E-state index contributed by atoms with van der Waals surface area (Å²) in [6, 6.07) is 3.56. The van der Waals surface area contributed by atoms with E-state index in [1.807, 2.05) is 6.07 Å². The van der Waals surface area contributed by atoms with Crippen molar-refractivity contribution in [3.8, 4) is 11.6 Å². The van der Waals surface area contributed by atoms with E-state index in [2.05, 4.69) is 25.2 Å². The molecule has 0 bridgehead atoms. The third-order valence-electron chi connectivity index (χ3n) is 7.36. The first-order chi connectivity index (χ1) is 18.2. The Labute approximate surface area is 221 Å². The first-order valence-electron chi connectivity index (χ1n) is 13.3. The highest BCUT2D eigenvalue weighted by Crippen LogP contribution is 2.28. The van der Waals surface area contributed by atoms with Crippen molar-refractivity contribution in [1.29, 1.82) is 0 Å². The minimum Gasteiger partial charge on any atom is -0.481 e. The van der Waals surface area contributed by atoms with Crippen molar-refractivity contribution in [2.45, 2.75) is 77.1 Å². The Kier molecular flexibility index (Phi) is 9.40. The van der Waals surface area contributed by atoms with Crippen LogP contribution in [0, 0.1) is 12.8 Å².